The molecule has 0 radical (unpaired) electrons. The Morgan fingerprint density at radius 2 is 2.33 bits per heavy atom. The van der Waals surface area contributed by atoms with Crippen molar-refractivity contribution >= 4 is 12.1 Å². The van der Waals surface area contributed by atoms with Crippen molar-refractivity contribution in [3.8, 4) is 0 Å². The lowest BCUT2D eigenvalue weighted by Crippen LogP contribution is -2.24. The first kappa shape index (κ1) is 12.6. The molecule has 0 aromatic rings. The van der Waals surface area contributed by atoms with E-state index in [1.54, 1.807) is 0 Å². The second-order valence-corrected chi connectivity index (χ2v) is 4.54. The third-order valence-corrected chi connectivity index (χ3v) is 3.16. The monoisotopic (exact) mass is 242 g/mol. The molecule has 1 amide bonds. The van der Waals surface area contributed by atoms with Crippen LogP contribution in [0.15, 0.2) is 47.7 Å². The summed E-state index contributed by atoms with van der Waals surface area (Å²) in [5.74, 6) is 0.0813. The summed E-state index contributed by atoms with van der Waals surface area (Å²) >= 11 is 0. The highest BCUT2D eigenvalue weighted by Gasteiger charge is 2.16. The number of carbonyl (C=O) groups excluding carboxylic acids is 1. The van der Waals surface area contributed by atoms with Gasteiger partial charge in [-0.3, -0.25) is 4.79 Å². The fraction of sp³-hybridized carbons (Fsp3) is 0.333. The highest BCUT2D eigenvalue weighted by Crippen LogP contribution is 2.21. The molecule has 2 aliphatic rings. The van der Waals surface area contributed by atoms with Crippen LogP contribution in [0.1, 0.15) is 25.7 Å². The molecular formula is C15H18N2O. The average Bonchev–Trinajstić information content (AvgIpc) is 2.40. The lowest BCUT2D eigenvalue weighted by atomic mass is 9.90. The summed E-state index contributed by atoms with van der Waals surface area (Å²) in [4.78, 5) is 11.9. The van der Waals surface area contributed by atoms with Gasteiger partial charge in [0.1, 0.15) is 0 Å². The van der Waals surface area contributed by atoms with Crippen LogP contribution < -0.4 is 5.32 Å². The molecule has 1 unspecified atom stereocenters. The van der Waals surface area contributed by atoms with Gasteiger partial charge in [0.2, 0.25) is 5.91 Å². The summed E-state index contributed by atoms with van der Waals surface area (Å²) in [6.45, 7) is 0. The van der Waals surface area contributed by atoms with Crippen molar-refractivity contribution in [2.45, 2.75) is 25.7 Å². The van der Waals surface area contributed by atoms with Crippen LogP contribution in [-0.4, -0.2) is 12.1 Å². The van der Waals surface area contributed by atoms with Crippen LogP contribution in [0.5, 0.6) is 0 Å². The van der Waals surface area contributed by atoms with Crippen LogP contribution in [0.3, 0.4) is 0 Å². The third-order valence-electron chi connectivity index (χ3n) is 3.16. The Balaban J connectivity index is 1.92. The molecule has 0 fully saturated rings. The Labute approximate surface area is 107 Å². The second kappa shape index (κ2) is 6.15. The van der Waals surface area contributed by atoms with Gasteiger partial charge < -0.3 is 10.7 Å². The van der Waals surface area contributed by atoms with Crippen LogP contribution in [0.2, 0.25) is 0 Å². The number of nitrogens with one attached hydrogen (secondary N) is 2. The lowest BCUT2D eigenvalue weighted by Gasteiger charge is -2.17. The molecule has 2 aliphatic carbocycles. The molecule has 3 nitrogen and oxygen atoms in total. The lowest BCUT2D eigenvalue weighted by molar-refractivity contribution is -0.119. The van der Waals surface area contributed by atoms with E-state index in [4.69, 9.17) is 5.41 Å². The normalized spacial score (nSPS) is 22.1. The van der Waals surface area contributed by atoms with Crippen molar-refractivity contribution in [3.05, 3.63) is 47.7 Å². The Morgan fingerprint density at radius 3 is 3.06 bits per heavy atom. The average molecular weight is 242 g/mol. The fourth-order valence-electron chi connectivity index (χ4n) is 2.15. The maximum Gasteiger partial charge on any atom is 0.228 e. The summed E-state index contributed by atoms with van der Waals surface area (Å²) in [5.41, 5.74) is 1.91. The molecule has 1 atom stereocenters. The molecule has 2 rings (SSSR count). The smallest absolute Gasteiger partial charge is 0.228 e. The van der Waals surface area contributed by atoms with Crippen molar-refractivity contribution in [1.82, 2.24) is 5.32 Å². The molecule has 94 valence electrons. The van der Waals surface area contributed by atoms with Gasteiger partial charge in [-0.05, 0) is 25.3 Å². The predicted octanol–water partition coefficient (Wildman–Crippen LogP) is 2.88. The molecular weight excluding hydrogens is 224 g/mol. The van der Waals surface area contributed by atoms with Crippen molar-refractivity contribution in [2.24, 2.45) is 5.92 Å². The number of carbonyl (C=O) groups is 1. The molecule has 0 saturated carbocycles. The fourth-order valence-corrected chi connectivity index (χ4v) is 2.15. The number of hydrogen-bond acceptors (Lipinski definition) is 2. The minimum absolute atomic E-state index is 0.00111. The first-order chi connectivity index (χ1) is 8.79. The van der Waals surface area contributed by atoms with Crippen molar-refractivity contribution < 1.29 is 4.79 Å². The van der Waals surface area contributed by atoms with Gasteiger partial charge in [-0.25, -0.2) is 0 Å². The van der Waals surface area contributed by atoms with Gasteiger partial charge in [0.25, 0.3) is 0 Å². The second-order valence-electron chi connectivity index (χ2n) is 4.54. The van der Waals surface area contributed by atoms with Crippen LogP contribution in [0.4, 0.5) is 0 Å². The molecule has 18 heavy (non-hydrogen) atoms. The molecule has 2 N–H and O–H groups in total. The molecule has 3 heteroatoms. The van der Waals surface area contributed by atoms with Gasteiger partial charge >= 0.3 is 0 Å². The van der Waals surface area contributed by atoms with E-state index < -0.39 is 0 Å². The minimum atomic E-state index is 0.00111. The van der Waals surface area contributed by atoms with E-state index in [1.165, 1.54) is 6.21 Å². The summed E-state index contributed by atoms with van der Waals surface area (Å²) in [7, 11) is 0. The summed E-state index contributed by atoms with van der Waals surface area (Å²) in [5, 5.41) is 10.3. The van der Waals surface area contributed by atoms with E-state index in [-0.39, 0.29) is 11.8 Å². The Bertz CT molecular complexity index is 455. The zero-order chi connectivity index (χ0) is 12.8. The zero-order valence-electron chi connectivity index (χ0n) is 10.4. The molecule has 0 aliphatic heterocycles. The molecule has 0 saturated heterocycles. The Kier molecular flexibility index (Phi) is 4.29. The van der Waals surface area contributed by atoms with Crippen LogP contribution in [0.25, 0.3) is 0 Å². The SMILES string of the molecule is N=CC1CC=CC=C1CC(=O)NC1=CCCC=C1. The van der Waals surface area contributed by atoms with Gasteiger partial charge in [0, 0.05) is 24.3 Å². The van der Waals surface area contributed by atoms with Gasteiger partial charge in [-0.1, -0.05) is 36.0 Å². The standard InChI is InChI=1S/C15H18N2O/c16-11-13-7-5-4-6-12(13)10-15(18)17-14-8-2-1-3-9-14/h2,4-6,8-9,11,13,16H,1,3,7,10H2,(H,17,18). The van der Waals surface area contributed by atoms with E-state index in [9.17, 15) is 4.79 Å². The highest BCUT2D eigenvalue weighted by atomic mass is 16.1. The Hall–Kier alpha value is -1.90. The van der Waals surface area contributed by atoms with Crippen molar-refractivity contribution in [3.63, 3.8) is 0 Å². The topological polar surface area (TPSA) is 53.0 Å². The Morgan fingerprint density at radius 1 is 1.44 bits per heavy atom. The van der Waals surface area contributed by atoms with Crippen LogP contribution in [-0.2, 0) is 4.79 Å². The maximum atomic E-state index is 11.9. The molecule has 0 aromatic carbocycles. The van der Waals surface area contributed by atoms with Crippen molar-refractivity contribution in [1.29, 1.82) is 5.41 Å². The third kappa shape index (κ3) is 3.29. The van der Waals surface area contributed by atoms with E-state index in [0.717, 1.165) is 30.5 Å². The van der Waals surface area contributed by atoms with Crippen LogP contribution in [0, 0.1) is 11.3 Å². The van der Waals surface area contributed by atoms with Gasteiger partial charge in [-0.2, -0.15) is 0 Å². The quantitative estimate of drug-likeness (QED) is 0.732. The van der Waals surface area contributed by atoms with Gasteiger partial charge in [-0.15, -0.1) is 0 Å². The van der Waals surface area contributed by atoms with E-state index in [0.29, 0.717) is 6.42 Å². The maximum absolute atomic E-state index is 11.9. The van der Waals surface area contributed by atoms with E-state index in [1.807, 2.05) is 30.4 Å². The largest absolute Gasteiger partial charge is 0.326 e. The highest BCUT2D eigenvalue weighted by molar-refractivity contribution is 5.82. The summed E-state index contributed by atoms with van der Waals surface area (Å²) < 4.78 is 0. The van der Waals surface area contributed by atoms with Crippen molar-refractivity contribution in [2.75, 3.05) is 0 Å². The molecule has 0 spiro atoms. The van der Waals surface area contributed by atoms with E-state index in [2.05, 4.69) is 11.4 Å². The van der Waals surface area contributed by atoms with Crippen LogP contribution >= 0.6 is 0 Å². The molecule has 0 heterocycles. The first-order valence-electron chi connectivity index (χ1n) is 6.32. The molecule has 0 bridgehead atoms. The van der Waals surface area contributed by atoms with E-state index >= 15 is 0 Å². The predicted molar refractivity (Wildman–Crippen MR) is 73.3 cm³/mol. The molecule has 0 aromatic heterocycles. The summed E-state index contributed by atoms with van der Waals surface area (Å²) in [6, 6.07) is 0. The number of rotatable bonds is 4. The number of allylic oxidation sites excluding steroid dienone is 6. The number of hydrogen-bond donors (Lipinski definition) is 2. The first-order valence-corrected chi connectivity index (χ1v) is 6.32. The zero-order valence-corrected chi connectivity index (χ0v) is 10.4. The number of amides is 1. The summed E-state index contributed by atoms with van der Waals surface area (Å²) in [6.07, 6.45) is 16.6. The van der Waals surface area contributed by atoms with Gasteiger partial charge in [0.05, 0.1) is 0 Å². The van der Waals surface area contributed by atoms with Gasteiger partial charge in [0.15, 0.2) is 0 Å². The minimum Gasteiger partial charge on any atom is -0.326 e.